The lowest BCUT2D eigenvalue weighted by molar-refractivity contribution is -0.384. The Morgan fingerprint density at radius 1 is 1.14 bits per heavy atom. The minimum absolute atomic E-state index is 0.0687. The highest BCUT2D eigenvalue weighted by Crippen LogP contribution is 2.36. The summed E-state index contributed by atoms with van der Waals surface area (Å²) >= 11 is 1.51. The Labute approximate surface area is 172 Å². The summed E-state index contributed by atoms with van der Waals surface area (Å²) in [6.45, 7) is 4.17. The lowest BCUT2D eigenvalue weighted by Crippen LogP contribution is -2.44. The van der Waals surface area contributed by atoms with Crippen LogP contribution in [0.4, 0.5) is 11.4 Å². The number of amides is 1. The average Bonchev–Trinajstić information content (AvgIpc) is 3.02. The monoisotopic (exact) mass is 408 g/mol. The predicted molar refractivity (Wildman–Crippen MR) is 115 cm³/mol. The number of non-ortho nitro benzene ring substituents is 1. The third-order valence-electron chi connectivity index (χ3n) is 4.82. The number of hydrogen-bond donors (Lipinski definition) is 0. The van der Waals surface area contributed by atoms with E-state index >= 15 is 0 Å². The molecular formula is C21H20N4O3S. The molecule has 7 nitrogen and oxygen atoms in total. The van der Waals surface area contributed by atoms with Crippen molar-refractivity contribution in [2.75, 3.05) is 0 Å². The second-order valence-electron chi connectivity index (χ2n) is 7.41. The van der Waals surface area contributed by atoms with Crippen LogP contribution in [0.1, 0.15) is 31.4 Å². The van der Waals surface area contributed by atoms with E-state index in [1.54, 1.807) is 12.1 Å². The Balaban J connectivity index is 1.63. The summed E-state index contributed by atoms with van der Waals surface area (Å²) in [7, 11) is 0. The molecule has 1 unspecified atom stereocenters. The normalized spacial score (nSPS) is 17.7. The molecule has 0 saturated heterocycles. The molecule has 0 spiro atoms. The number of benzene rings is 2. The smallest absolute Gasteiger partial charge is 0.270 e. The first kappa shape index (κ1) is 19.3. The fourth-order valence-corrected chi connectivity index (χ4v) is 4.44. The van der Waals surface area contributed by atoms with Crippen LogP contribution in [0.15, 0.2) is 58.5 Å². The maximum absolute atomic E-state index is 12.6. The topological polar surface area (TPSA) is 88.2 Å². The highest BCUT2D eigenvalue weighted by Gasteiger charge is 2.41. The molecule has 4 rings (SSSR count). The first-order valence-electron chi connectivity index (χ1n) is 9.40. The Morgan fingerprint density at radius 2 is 1.86 bits per heavy atom. The molecule has 8 heteroatoms. The predicted octanol–water partition coefficient (Wildman–Crippen LogP) is 4.53. The molecule has 2 aliphatic heterocycles. The van der Waals surface area contributed by atoms with Crippen molar-refractivity contribution in [2.45, 2.75) is 32.1 Å². The Kier molecular flexibility index (Phi) is 5.19. The van der Waals surface area contributed by atoms with E-state index in [1.807, 2.05) is 29.2 Å². The van der Waals surface area contributed by atoms with E-state index in [9.17, 15) is 14.9 Å². The molecule has 0 radical (unpaired) electrons. The molecule has 0 aliphatic carbocycles. The molecule has 2 aromatic rings. The van der Waals surface area contributed by atoms with E-state index in [2.05, 4.69) is 18.8 Å². The number of aliphatic imine (C=N–C) groups is 2. The van der Waals surface area contributed by atoms with Crippen molar-refractivity contribution in [3.05, 3.63) is 69.8 Å². The highest BCUT2D eigenvalue weighted by atomic mass is 32.2. The summed E-state index contributed by atoms with van der Waals surface area (Å²) in [4.78, 5) is 34.2. The van der Waals surface area contributed by atoms with Gasteiger partial charge in [-0.3, -0.25) is 19.8 Å². The van der Waals surface area contributed by atoms with Crippen LogP contribution >= 0.6 is 11.8 Å². The van der Waals surface area contributed by atoms with E-state index in [0.29, 0.717) is 23.9 Å². The highest BCUT2D eigenvalue weighted by molar-refractivity contribution is 8.13. The van der Waals surface area contributed by atoms with Gasteiger partial charge < -0.3 is 0 Å². The molecule has 0 fully saturated rings. The van der Waals surface area contributed by atoms with Crippen LogP contribution in [-0.2, 0) is 10.5 Å². The molecule has 0 bridgehead atoms. The van der Waals surface area contributed by atoms with Crippen molar-refractivity contribution in [3.63, 3.8) is 0 Å². The van der Waals surface area contributed by atoms with Gasteiger partial charge in [0.1, 0.15) is 11.9 Å². The third-order valence-corrected chi connectivity index (χ3v) is 5.84. The second kappa shape index (κ2) is 7.79. The van der Waals surface area contributed by atoms with E-state index in [1.165, 1.54) is 23.9 Å². The van der Waals surface area contributed by atoms with Gasteiger partial charge in [-0.1, -0.05) is 49.9 Å². The van der Waals surface area contributed by atoms with Gasteiger partial charge in [-0.25, -0.2) is 4.99 Å². The summed E-state index contributed by atoms with van der Waals surface area (Å²) in [6, 6.07) is 13.8. The van der Waals surface area contributed by atoms with Gasteiger partial charge in [0.05, 0.1) is 10.6 Å². The SMILES string of the molecule is CC(C)CC1C(=O)N=C2c3ccccc3N=C(SCc3ccc([N+](=O)[O-])cc3)N21. The number of thioether (sulfide) groups is 1. The van der Waals surface area contributed by atoms with Crippen LogP contribution in [0.5, 0.6) is 0 Å². The molecule has 0 saturated carbocycles. The van der Waals surface area contributed by atoms with Gasteiger partial charge in [-0.2, -0.15) is 4.99 Å². The number of amidine groups is 2. The third kappa shape index (κ3) is 3.80. The van der Waals surface area contributed by atoms with Crippen molar-refractivity contribution in [1.29, 1.82) is 0 Å². The van der Waals surface area contributed by atoms with Gasteiger partial charge in [0.25, 0.3) is 11.6 Å². The minimum Gasteiger partial charge on any atom is -0.292 e. The fraction of sp³-hybridized carbons (Fsp3) is 0.286. The summed E-state index contributed by atoms with van der Waals surface area (Å²) < 4.78 is 0. The molecule has 2 aliphatic rings. The molecule has 2 heterocycles. The lowest BCUT2D eigenvalue weighted by Gasteiger charge is -2.31. The summed E-state index contributed by atoms with van der Waals surface area (Å²) in [6.07, 6.45) is 0.700. The number of nitrogens with zero attached hydrogens (tertiary/aromatic N) is 4. The number of hydrogen-bond acceptors (Lipinski definition) is 6. The number of carbonyl (C=O) groups excluding carboxylic acids is 1. The van der Waals surface area contributed by atoms with Crippen LogP contribution < -0.4 is 0 Å². The van der Waals surface area contributed by atoms with Crippen LogP contribution in [0.25, 0.3) is 0 Å². The van der Waals surface area contributed by atoms with E-state index in [4.69, 9.17) is 4.99 Å². The largest absolute Gasteiger partial charge is 0.292 e. The number of nitro benzene ring substituents is 1. The summed E-state index contributed by atoms with van der Waals surface area (Å²) in [5, 5.41) is 11.6. The lowest BCUT2D eigenvalue weighted by atomic mass is 10.0. The van der Waals surface area contributed by atoms with Gasteiger partial charge in [0, 0.05) is 23.4 Å². The Morgan fingerprint density at radius 3 is 2.55 bits per heavy atom. The molecule has 1 amide bonds. The van der Waals surface area contributed by atoms with Crippen LogP contribution in [-0.4, -0.2) is 32.8 Å². The van der Waals surface area contributed by atoms with Crippen LogP contribution in [0.2, 0.25) is 0 Å². The minimum atomic E-state index is -0.409. The first-order chi connectivity index (χ1) is 13.9. The van der Waals surface area contributed by atoms with E-state index in [0.717, 1.165) is 22.0 Å². The molecule has 0 N–H and O–H groups in total. The summed E-state index contributed by atoms with van der Waals surface area (Å²) in [5.41, 5.74) is 2.68. The van der Waals surface area contributed by atoms with E-state index in [-0.39, 0.29) is 17.6 Å². The van der Waals surface area contributed by atoms with Gasteiger partial charge >= 0.3 is 0 Å². The number of carbonyl (C=O) groups is 1. The van der Waals surface area contributed by atoms with Crippen molar-refractivity contribution in [2.24, 2.45) is 15.9 Å². The van der Waals surface area contributed by atoms with Gasteiger partial charge in [-0.05, 0) is 30.0 Å². The first-order valence-corrected chi connectivity index (χ1v) is 10.4. The molecule has 0 aromatic heterocycles. The maximum atomic E-state index is 12.6. The second-order valence-corrected chi connectivity index (χ2v) is 8.36. The number of nitro groups is 1. The zero-order valence-electron chi connectivity index (χ0n) is 16.1. The number of fused-ring (bicyclic) bond motifs is 3. The standard InChI is InChI=1S/C21H20N4O3S/c1-13(2)11-18-20(26)23-19-16-5-3-4-6-17(16)22-21(24(18)19)29-12-14-7-9-15(10-8-14)25(27)28/h3-10,13,18H,11-12H2,1-2H3. The van der Waals surface area contributed by atoms with Crippen molar-refractivity contribution in [1.82, 2.24) is 4.90 Å². The summed E-state index contributed by atoms with van der Waals surface area (Å²) in [5.74, 6) is 1.47. The van der Waals surface area contributed by atoms with Crippen LogP contribution in [0, 0.1) is 16.0 Å². The van der Waals surface area contributed by atoms with Gasteiger partial charge in [-0.15, -0.1) is 0 Å². The Bertz CT molecular complexity index is 1030. The van der Waals surface area contributed by atoms with Gasteiger partial charge in [0.2, 0.25) is 0 Å². The zero-order chi connectivity index (χ0) is 20.5. The maximum Gasteiger partial charge on any atom is 0.270 e. The fourth-order valence-electron chi connectivity index (χ4n) is 3.44. The van der Waals surface area contributed by atoms with E-state index < -0.39 is 4.92 Å². The molecule has 1 atom stereocenters. The average molecular weight is 408 g/mol. The molecule has 29 heavy (non-hydrogen) atoms. The van der Waals surface area contributed by atoms with Crippen LogP contribution in [0.3, 0.4) is 0 Å². The molecule has 148 valence electrons. The number of rotatable bonds is 5. The Hall–Kier alpha value is -3.00. The zero-order valence-corrected chi connectivity index (χ0v) is 16.9. The molecule has 2 aromatic carbocycles. The molecular weight excluding hydrogens is 388 g/mol. The quantitative estimate of drug-likeness (QED) is 0.536. The van der Waals surface area contributed by atoms with Crippen molar-refractivity contribution < 1.29 is 9.72 Å². The van der Waals surface area contributed by atoms with Gasteiger partial charge in [0.15, 0.2) is 5.17 Å². The number of para-hydroxylation sites is 1. The van der Waals surface area contributed by atoms with Crippen molar-refractivity contribution >= 4 is 40.0 Å². The van der Waals surface area contributed by atoms with Crippen molar-refractivity contribution in [3.8, 4) is 0 Å².